The van der Waals surface area contributed by atoms with Gasteiger partial charge in [0.2, 0.25) is 0 Å². The van der Waals surface area contributed by atoms with Crippen LogP contribution < -0.4 is 0 Å². The highest BCUT2D eigenvalue weighted by Crippen LogP contribution is 1.94. The normalized spacial score (nSPS) is 12.6. The van der Waals surface area contributed by atoms with Gasteiger partial charge in [0.25, 0.3) is 0 Å². The summed E-state index contributed by atoms with van der Waals surface area (Å²) >= 11 is 0. The highest BCUT2D eigenvalue weighted by molar-refractivity contribution is 5.00. The fraction of sp³-hybridized carbons (Fsp3) is 0.267. The zero-order valence-corrected chi connectivity index (χ0v) is 9.44. The van der Waals surface area contributed by atoms with Crippen LogP contribution >= 0.6 is 0 Å². The van der Waals surface area contributed by atoms with Crippen molar-refractivity contribution >= 4 is 0 Å². The third kappa shape index (κ3) is 12.7. The van der Waals surface area contributed by atoms with E-state index in [0.29, 0.717) is 0 Å². The van der Waals surface area contributed by atoms with E-state index in [2.05, 4.69) is 50.0 Å². The van der Waals surface area contributed by atoms with Crippen molar-refractivity contribution < 1.29 is 0 Å². The molecule has 1 radical (unpaired) electrons. The Balaban J connectivity index is 3.38. The number of hydrogen-bond donors (Lipinski definition) is 0. The summed E-state index contributed by atoms with van der Waals surface area (Å²) in [5.41, 5.74) is 0. The van der Waals surface area contributed by atoms with Crippen LogP contribution in [0.1, 0.15) is 25.7 Å². The Bertz CT molecular complexity index is 239. The smallest absolute Gasteiger partial charge is 0.0169 e. The van der Waals surface area contributed by atoms with Gasteiger partial charge in [-0.25, -0.2) is 0 Å². The van der Waals surface area contributed by atoms with E-state index in [1.54, 1.807) is 0 Å². The van der Waals surface area contributed by atoms with Gasteiger partial charge in [-0.3, -0.25) is 0 Å². The summed E-state index contributed by atoms with van der Waals surface area (Å²) in [6, 6.07) is 0. The van der Waals surface area contributed by atoms with Gasteiger partial charge in [-0.15, -0.1) is 6.58 Å². The second-order valence-corrected chi connectivity index (χ2v) is 3.12. The van der Waals surface area contributed by atoms with Gasteiger partial charge >= 0.3 is 0 Å². The lowest BCUT2D eigenvalue weighted by atomic mass is 10.2. The van der Waals surface area contributed by atoms with Crippen molar-refractivity contribution in [3.8, 4) is 0 Å². The molecule has 0 aromatic rings. The quantitative estimate of drug-likeness (QED) is 0.495. The zero-order valence-electron chi connectivity index (χ0n) is 9.44. The molecule has 0 saturated heterocycles. The molecule has 0 aliphatic rings. The van der Waals surface area contributed by atoms with E-state index < -0.39 is 0 Å². The highest BCUT2D eigenvalue weighted by atomic mass is 13.8. The van der Waals surface area contributed by atoms with Crippen molar-refractivity contribution in [1.29, 1.82) is 0 Å². The molecule has 0 aromatic carbocycles. The molecule has 0 nitrogen and oxygen atoms in total. The van der Waals surface area contributed by atoms with Crippen molar-refractivity contribution in [3.63, 3.8) is 0 Å². The van der Waals surface area contributed by atoms with Crippen molar-refractivity contribution in [2.75, 3.05) is 0 Å². The lowest BCUT2D eigenvalue weighted by Crippen LogP contribution is -1.63. The van der Waals surface area contributed by atoms with Crippen molar-refractivity contribution in [3.05, 3.63) is 68.2 Å². The van der Waals surface area contributed by atoms with Gasteiger partial charge in [-0.05, 0) is 32.6 Å². The average Bonchev–Trinajstić information content (AvgIpc) is 2.26. The molecule has 0 N–H and O–H groups in total. The summed E-state index contributed by atoms with van der Waals surface area (Å²) in [4.78, 5) is 0. The van der Waals surface area contributed by atoms with E-state index in [9.17, 15) is 0 Å². The summed E-state index contributed by atoms with van der Waals surface area (Å²) in [6.07, 6.45) is 22.7. The first-order valence-electron chi connectivity index (χ1n) is 5.42. The summed E-state index contributed by atoms with van der Waals surface area (Å²) in [5, 5.41) is 0. The lowest BCUT2D eigenvalue weighted by Gasteiger charge is -1.84. The van der Waals surface area contributed by atoms with Crippen LogP contribution in [-0.4, -0.2) is 0 Å². The van der Waals surface area contributed by atoms with Gasteiger partial charge in [-0.1, -0.05) is 54.7 Å². The van der Waals surface area contributed by atoms with Gasteiger partial charge in [0.05, 0.1) is 0 Å². The number of rotatable bonds is 8. The second kappa shape index (κ2) is 12.7. The van der Waals surface area contributed by atoms with Gasteiger partial charge in [0, 0.05) is 0 Å². The maximum absolute atomic E-state index is 3.66. The van der Waals surface area contributed by atoms with Crippen LogP contribution in [0.15, 0.2) is 61.3 Å². The molecule has 0 saturated carbocycles. The minimum Gasteiger partial charge on any atom is -0.103 e. The van der Waals surface area contributed by atoms with Gasteiger partial charge < -0.3 is 0 Å². The second-order valence-electron chi connectivity index (χ2n) is 3.12. The fourth-order valence-corrected chi connectivity index (χ4v) is 1.01. The first-order chi connectivity index (χ1) is 7.41. The third-order valence-electron chi connectivity index (χ3n) is 1.79. The molecular formula is C15H21. The maximum atomic E-state index is 3.66. The molecule has 15 heavy (non-hydrogen) atoms. The molecule has 0 rings (SSSR count). The zero-order chi connectivity index (χ0) is 11.2. The van der Waals surface area contributed by atoms with Crippen LogP contribution in [0, 0.1) is 6.92 Å². The average molecular weight is 201 g/mol. The Hall–Kier alpha value is -1.30. The summed E-state index contributed by atoms with van der Waals surface area (Å²) in [5.74, 6) is 0. The van der Waals surface area contributed by atoms with E-state index in [1.807, 2.05) is 18.2 Å². The molecule has 0 unspecified atom stereocenters. The molecule has 0 atom stereocenters. The predicted molar refractivity (Wildman–Crippen MR) is 70.6 cm³/mol. The first kappa shape index (κ1) is 13.7. The number of allylic oxidation sites excluding steroid dienone is 9. The largest absolute Gasteiger partial charge is 0.103 e. The van der Waals surface area contributed by atoms with Crippen LogP contribution in [0.3, 0.4) is 0 Å². The SMILES string of the molecule is [CH2]C=CCC=CCC=CCC=CCC=C. The lowest BCUT2D eigenvalue weighted by molar-refractivity contribution is 1.26. The molecular weight excluding hydrogens is 180 g/mol. The maximum Gasteiger partial charge on any atom is -0.0169 e. The fourth-order valence-electron chi connectivity index (χ4n) is 1.01. The van der Waals surface area contributed by atoms with Crippen LogP contribution in [0.5, 0.6) is 0 Å². The van der Waals surface area contributed by atoms with E-state index in [1.165, 1.54) is 0 Å². The molecule has 0 aromatic heterocycles. The Labute approximate surface area is 94.4 Å². The van der Waals surface area contributed by atoms with Gasteiger partial charge in [-0.2, -0.15) is 0 Å². The molecule has 0 spiro atoms. The summed E-state index contributed by atoms with van der Waals surface area (Å²) < 4.78 is 0. The van der Waals surface area contributed by atoms with Crippen LogP contribution in [0.2, 0.25) is 0 Å². The van der Waals surface area contributed by atoms with Crippen LogP contribution in [0.25, 0.3) is 0 Å². The standard InChI is InChI=1S/C15H21/c1-3-5-7-9-11-13-15-14-12-10-8-6-4-2/h3-5,8-11,14-15H,1-2,6-7,12-13H2. The molecule has 0 aliphatic carbocycles. The van der Waals surface area contributed by atoms with Crippen molar-refractivity contribution in [2.24, 2.45) is 0 Å². The topological polar surface area (TPSA) is 0 Å². The molecule has 0 aliphatic heterocycles. The Morgan fingerprint density at radius 1 is 0.600 bits per heavy atom. The van der Waals surface area contributed by atoms with Crippen LogP contribution in [0.4, 0.5) is 0 Å². The first-order valence-corrected chi connectivity index (χ1v) is 5.42. The summed E-state index contributed by atoms with van der Waals surface area (Å²) in [6.45, 7) is 7.28. The summed E-state index contributed by atoms with van der Waals surface area (Å²) in [7, 11) is 0. The molecule has 81 valence electrons. The van der Waals surface area contributed by atoms with E-state index in [0.717, 1.165) is 25.7 Å². The molecule has 0 heteroatoms. The monoisotopic (exact) mass is 201 g/mol. The number of hydrogen-bond acceptors (Lipinski definition) is 0. The molecule has 0 fully saturated rings. The third-order valence-corrected chi connectivity index (χ3v) is 1.79. The van der Waals surface area contributed by atoms with Gasteiger partial charge in [0.1, 0.15) is 0 Å². The Kier molecular flexibility index (Phi) is 11.6. The minimum atomic E-state index is 0.963. The van der Waals surface area contributed by atoms with E-state index in [-0.39, 0.29) is 0 Å². The Morgan fingerprint density at radius 3 is 1.40 bits per heavy atom. The molecule has 0 heterocycles. The van der Waals surface area contributed by atoms with E-state index >= 15 is 0 Å². The van der Waals surface area contributed by atoms with E-state index in [4.69, 9.17) is 0 Å². The molecule has 0 amide bonds. The van der Waals surface area contributed by atoms with Crippen molar-refractivity contribution in [2.45, 2.75) is 25.7 Å². The molecule has 0 bridgehead atoms. The van der Waals surface area contributed by atoms with Crippen molar-refractivity contribution in [1.82, 2.24) is 0 Å². The Morgan fingerprint density at radius 2 is 1.00 bits per heavy atom. The minimum absolute atomic E-state index is 0.963. The van der Waals surface area contributed by atoms with Crippen LogP contribution in [-0.2, 0) is 0 Å². The highest BCUT2D eigenvalue weighted by Gasteiger charge is 1.73. The predicted octanol–water partition coefficient (Wildman–Crippen LogP) is 4.79. The van der Waals surface area contributed by atoms with Gasteiger partial charge in [0.15, 0.2) is 0 Å².